The SMILES string of the molecule is Clc1ccc2c(NCCCN3CCC(N4c5ccccc5Sc5ccccc54)CC3)ccnc2c1. The van der Waals surface area contributed by atoms with E-state index in [1.165, 1.54) is 34.0 Å². The van der Waals surface area contributed by atoms with Crippen molar-refractivity contribution in [2.24, 2.45) is 0 Å². The Morgan fingerprint density at radius 2 is 1.63 bits per heavy atom. The molecule has 0 aliphatic carbocycles. The molecule has 4 nitrogen and oxygen atoms in total. The summed E-state index contributed by atoms with van der Waals surface area (Å²) in [5.41, 5.74) is 4.80. The molecule has 0 saturated carbocycles. The third kappa shape index (κ3) is 4.73. The van der Waals surface area contributed by atoms with Crippen LogP contribution < -0.4 is 10.2 Å². The van der Waals surface area contributed by atoms with Crippen LogP contribution in [0.25, 0.3) is 10.9 Å². The smallest absolute Gasteiger partial charge is 0.0737 e. The number of hydrogen-bond donors (Lipinski definition) is 1. The van der Waals surface area contributed by atoms with Gasteiger partial charge < -0.3 is 15.1 Å². The van der Waals surface area contributed by atoms with Gasteiger partial charge in [0, 0.05) is 57.8 Å². The van der Waals surface area contributed by atoms with Crippen LogP contribution in [0.1, 0.15) is 19.3 Å². The van der Waals surface area contributed by atoms with Crippen molar-refractivity contribution in [2.45, 2.75) is 35.1 Å². The summed E-state index contributed by atoms with van der Waals surface area (Å²) >= 11 is 8.02. The fourth-order valence-corrected chi connectivity index (χ4v) is 6.57. The molecular weight excluding hydrogens is 472 g/mol. The second-order valence-electron chi connectivity index (χ2n) is 9.28. The summed E-state index contributed by atoms with van der Waals surface area (Å²) in [6, 6.07) is 26.2. The molecule has 0 bridgehead atoms. The Labute approximate surface area is 216 Å². The number of nitrogens with zero attached hydrogens (tertiary/aromatic N) is 3. The predicted molar refractivity (Wildman–Crippen MR) is 148 cm³/mol. The van der Waals surface area contributed by atoms with Crippen LogP contribution in [-0.2, 0) is 0 Å². The Hall–Kier alpha value is -2.73. The van der Waals surface area contributed by atoms with Gasteiger partial charge in [0.2, 0.25) is 0 Å². The molecule has 3 heterocycles. The van der Waals surface area contributed by atoms with Gasteiger partial charge in [-0.05, 0) is 74.3 Å². The quantitative estimate of drug-likeness (QED) is 0.278. The zero-order valence-electron chi connectivity index (χ0n) is 19.7. The van der Waals surface area contributed by atoms with Crippen molar-refractivity contribution < 1.29 is 0 Å². The van der Waals surface area contributed by atoms with Crippen molar-refractivity contribution >= 4 is 51.3 Å². The average molecular weight is 501 g/mol. The van der Waals surface area contributed by atoms with E-state index in [1.807, 2.05) is 42.2 Å². The lowest BCUT2D eigenvalue weighted by Crippen LogP contribution is -2.44. The van der Waals surface area contributed by atoms with Gasteiger partial charge in [0.05, 0.1) is 16.9 Å². The first-order chi connectivity index (χ1) is 17.3. The highest BCUT2D eigenvalue weighted by Gasteiger charge is 2.31. The van der Waals surface area contributed by atoms with Crippen LogP contribution >= 0.6 is 23.4 Å². The summed E-state index contributed by atoms with van der Waals surface area (Å²) in [7, 11) is 0. The number of pyridine rings is 1. The molecule has 2 aliphatic heterocycles. The number of hydrogen-bond acceptors (Lipinski definition) is 5. The summed E-state index contributed by atoms with van der Waals surface area (Å²) in [6.07, 6.45) is 5.35. The number of aromatic nitrogens is 1. The molecular formula is C29H29ClN4S. The fourth-order valence-electron chi connectivity index (χ4n) is 5.33. The van der Waals surface area contributed by atoms with Crippen molar-refractivity contribution in [3.63, 3.8) is 0 Å². The number of fused-ring (bicyclic) bond motifs is 3. The number of para-hydroxylation sites is 2. The van der Waals surface area contributed by atoms with Crippen LogP contribution in [-0.4, -0.2) is 42.1 Å². The maximum absolute atomic E-state index is 6.12. The Bertz CT molecular complexity index is 1290. The molecule has 2 aliphatic rings. The van der Waals surface area contributed by atoms with Gasteiger partial charge in [0.15, 0.2) is 0 Å². The van der Waals surface area contributed by atoms with Gasteiger partial charge in [0.25, 0.3) is 0 Å². The third-order valence-electron chi connectivity index (χ3n) is 7.06. The number of rotatable bonds is 6. The van der Waals surface area contributed by atoms with E-state index in [0.29, 0.717) is 6.04 Å². The van der Waals surface area contributed by atoms with Crippen molar-refractivity contribution in [1.29, 1.82) is 0 Å². The minimum Gasteiger partial charge on any atom is -0.384 e. The number of benzene rings is 3. The number of halogens is 1. The van der Waals surface area contributed by atoms with Crippen molar-refractivity contribution in [2.75, 3.05) is 36.4 Å². The molecule has 0 amide bonds. The zero-order valence-corrected chi connectivity index (χ0v) is 21.2. The summed E-state index contributed by atoms with van der Waals surface area (Å²) in [5, 5.41) is 5.45. The first-order valence-corrected chi connectivity index (χ1v) is 13.6. The minimum atomic E-state index is 0.544. The van der Waals surface area contributed by atoms with Crippen molar-refractivity contribution in [1.82, 2.24) is 9.88 Å². The van der Waals surface area contributed by atoms with Gasteiger partial charge in [0.1, 0.15) is 0 Å². The van der Waals surface area contributed by atoms with Gasteiger partial charge in [-0.1, -0.05) is 47.6 Å². The van der Waals surface area contributed by atoms with Crippen LogP contribution in [0.5, 0.6) is 0 Å². The Morgan fingerprint density at radius 1 is 0.914 bits per heavy atom. The third-order valence-corrected chi connectivity index (χ3v) is 8.43. The lowest BCUT2D eigenvalue weighted by Gasteiger charge is -2.42. The second kappa shape index (κ2) is 10.1. The van der Waals surface area contributed by atoms with Gasteiger partial charge in [-0.15, -0.1) is 0 Å². The maximum atomic E-state index is 6.12. The van der Waals surface area contributed by atoms with Gasteiger partial charge in [-0.25, -0.2) is 0 Å². The molecule has 6 rings (SSSR count). The second-order valence-corrected chi connectivity index (χ2v) is 10.8. The van der Waals surface area contributed by atoms with E-state index in [9.17, 15) is 0 Å². The molecule has 1 aromatic heterocycles. The molecule has 178 valence electrons. The Balaban J connectivity index is 1.05. The lowest BCUT2D eigenvalue weighted by molar-refractivity contribution is 0.212. The number of likely N-dealkylation sites (tertiary alicyclic amines) is 1. The zero-order chi connectivity index (χ0) is 23.6. The van der Waals surface area contributed by atoms with Crippen molar-refractivity contribution in [3.05, 3.63) is 84.0 Å². The first-order valence-electron chi connectivity index (χ1n) is 12.4. The summed E-state index contributed by atoms with van der Waals surface area (Å²) < 4.78 is 0. The molecule has 0 unspecified atom stereocenters. The highest BCUT2D eigenvalue weighted by molar-refractivity contribution is 7.99. The molecule has 6 heteroatoms. The fraction of sp³-hybridized carbons (Fsp3) is 0.276. The largest absolute Gasteiger partial charge is 0.384 e. The molecule has 35 heavy (non-hydrogen) atoms. The Morgan fingerprint density at radius 3 is 2.37 bits per heavy atom. The minimum absolute atomic E-state index is 0.544. The molecule has 3 aromatic carbocycles. The van der Waals surface area contributed by atoms with Gasteiger partial charge >= 0.3 is 0 Å². The van der Waals surface area contributed by atoms with E-state index in [0.717, 1.165) is 54.2 Å². The molecule has 1 N–H and O–H groups in total. The summed E-state index contributed by atoms with van der Waals surface area (Å²) in [4.78, 5) is 12.4. The summed E-state index contributed by atoms with van der Waals surface area (Å²) in [6.45, 7) is 4.37. The maximum Gasteiger partial charge on any atom is 0.0737 e. The Kier molecular flexibility index (Phi) is 6.55. The number of anilines is 3. The highest BCUT2D eigenvalue weighted by Crippen LogP contribution is 2.49. The predicted octanol–water partition coefficient (Wildman–Crippen LogP) is 7.46. The molecule has 1 saturated heterocycles. The molecule has 1 fully saturated rings. The monoisotopic (exact) mass is 500 g/mol. The van der Waals surface area contributed by atoms with E-state index in [4.69, 9.17) is 11.6 Å². The average Bonchev–Trinajstić information content (AvgIpc) is 2.90. The van der Waals surface area contributed by atoms with Gasteiger partial charge in [-0.3, -0.25) is 4.98 Å². The van der Waals surface area contributed by atoms with Crippen LogP contribution in [0.3, 0.4) is 0 Å². The van der Waals surface area contributed by atoms with E-state index < -0.39 is 0 Å². The summed E-state index contributed by atoms with van der Waals surface area (Å²) in [5.74, 6) is 0. The van der Waals surface area contributed by atoms with E-state index >= 15 is 0 Å². The highest BCUT2D eigenvalue weighted by atomic mass is 35.5. The van der Waals surface area contributed by atoms with Gasteiger partial charge in [-0.2, -0.15) is 0 Å². The topological polar surface area (TPSA) is 31.4 Å². The van der Waals surface area contributed by atoms with Crippen LogP contribution in [0, 0.1) is 0 Å². The normalized spacial score (nSPS) is 16.2. The van der Waals surface area contributed by atoms with E-state index in [-0.39, 0.29) is 0 Å². The molecule has 0 radical (unpaired) electrons. The molecule has 4 aromatic rings. The van der Waals surface area contributed by atoms with Crippen LogP contribution in [0.4, 0.5) is 17.1 Å². The van der Waals surface area contributed by atoms with E-state index in [1.54, 1.807) is 0 Å². The van der Waals surface area contributed by atoms with E-state index in [2.05, 4.69) is 68.6 Å². The van der Waals surface area contributed by atoms with Crippen LogP contribution in [0.15, 0.2) is 88.8 Å². The first kappa shape index (κ1) is 22.7. The molecule has 0 spiro atoms. The van der Waals surface area contributed by atoms with Crippen LogP contribution in [0.2, 0.25) is 5.02 Å². The van der Waals surface area contributed by atoms with Crippen molar-refractivity contribution in [3.8, 4) is 0 Å². The number of piperidine rings is 1. The number of nitrogens with one attached hydrogen (secondary N) is 1. The standard InChI is InChI=1S/C29H29ClN4S/c30-21-10-11-23-24(12-16-32-25(23)20-21)31-15-5-17-33-18-13-22(14-19-33)34-26-6-1-3-8-28(26)35-29-9-4-2-7-27(29)34/h1-4,6-12,16,20,22H,5,13-15,17-19H2,(H,31,32). The lowest BCUT2D eigenvalue weighted by atomic mass is 10.0. The molecule has 0 atom stereocenters.